The molecule has 0 saturated heterocycles. The Kier molecular flexibility index (Phi) is 8.93. The molecule has 126 valence electrons. The van der Waals surface area contributed by atoms with E-state index in [0.29, 0.717) is 12.8 Å². The molecule has 2 atom stereocenters. The molecule has 0 aromatic heterocycles. The fraction of sp³-hybridized carbons (Fsp3) is 0.938. The van der Waals surface area contributed by atoms with E-state index in [2.05, 4.69) is 40.8 Å². The van der Waals surface area contributed by atoms with Crippen molar-refractivity contribution in [3.05, 3.63) is 0 Å². The van der Waals surface area contributed by atoms with E-state index in [0.717, 1.165) is 6.42 Å². The number of carbonyl (C=O) groups is 1. The zero-order valence-corrected chi connectivity index (χ0v) is 16.1. The van der Waals surface area contributed by atoms with Crippen molar-refractivity contribution in [3.8, 4) is 0 Å². The van der Waals surface area contributed by atoms with Crippen LogP contribution in [0.2, 0.25) is 18.1 Å². The van der Waals surface area contributed by atoms with E-state index in [1.165, 1.54) is 0 Å². The molecule has 0 aliphatic rings. The van der Waals surface area contributed by atoms with Gasteiger partial charge in [0.15, 0.2) is 8.32 Å². The lowest BCUT2D eigenvalue weighted by molar-refractivity contribution is -0.124. The Bertz CT molecular complexity index is 310. The lowest BCUT2D eigenvalue weighted by Gasteiger charge is -2.41. The van der Waals surface area contributed by atoms with Crippen LogP contribution in [-0.4, -0.2) is 40.2 Å². The van der Waals surface area contributed by atoms with Crippen LogP contribution in [0.4, 0.5) is 0 Å². The molecule has 0 unspecified atom stereocenters. The Morgan fingerprint density at radius 1 is 1.19 bits per heavy atom. The first-order valence-electron chi connectivity index (χ1n) is 7.83. The summed E-state index contributed by atoms with van der Waals surface area (Å²) < 4.78 is 17.3. The van der Waals surface area contributed by atoms with Gasteiger partial charge in [-0.05, 0) is 37.9 Å². The first kappa shape index (κ1) is 20.8. The van der Waals surface area contributed by atoms with Crippen LogP contribution in [0.3, 0.4) is 0 Å². The average molecular weight is 319 g/mol. The molecule has 0 bridgehead atoms. The van der Waals surface area contributed by atoms with Crippen molar-refractivity contribution in [1.29, 1.82) is 0 Å². The van der Waals surface area contributed by atoms with E-state index in [1.807, 2.05) is 0 Å². The normalized spacial score (nSPS) is 15.8. The summed E-state index contributed by atoms with van der Waals surface area (Å²) in [7, 11) is -0.244. The maximum absolute atomic E-state index is 11.3. The molecule has 0 spiro atoms. The largest absolute Gasteiger partial charge is 0.411 e. The minimum absolute atomic E-state index is 0.0143. The smallest absolute Gasteiger partial charge is 0.192 e. The van der Waals surface area contributed by atoms with Gasteiger partial charge in [-0.15, -0.1) is 0 Å². The minimum atomic E-state index is -1.85. The summed E-state index contributed by atoms with van der Waals surface area (Å²) in [6, 6.07) is 0. The van der Waals surface area contributed by atoms with Crippen LogP contribution in [-0.2, 0) is 18.7 Å². The van der Waals surface area contributed by atoms with Gasteiger partial charge in [0.05, 0.1) is 12.2 Å². The molecule has 0 amide bonds. The molecule has 0 saturated carbocycles. The number of methoxy groups -OCH3 is 1. The summed E-state index contributed by atoms with van der Waals surface area (Å²) >= 11 is 0. The molecule has 0 N–H and O–H groups in total. The first-order chi connectivity index (χ1) is 9.55. The number of Topliss-reactive ketones (excluding diaryl/α,β-unsaturated/α-hetero) is 1. The van der Waals surface area contributed by atoms with Crippen LogP contribution < -0.4 is 0 Å². The van der Waals surface area contributed by atoms with Crippen molar-refractivity contribution in [2.45, 2.75) is 84.2 Å². The average Bonchev–Trinajstić information content (AvgIpc) is 2.35. The second-order valence-corrected chi connectivity index (χ2v) is 11.9. The van der Waals surface area contributed by atoms with E-state index in [-0.39, 0.29) is 29.8 Å². The third-order valence-electron chi connectivity index (χ3n) is 4.25. The lowest BCUT2D eigenvalue weighted by Crippen LogP contribution is -2.47. The molecule has 0 aliphatic carbocycles. The lowest BCUT2D eigenvalue weighted by atomic mass is 10.1. The van der Waals surface area contributed by atoms with Crippen LogP contribution in [0.5, 0.6) is 0 Å². The number of ketones is 1. The molecule has 0 radical (unpaired) electrons. The van der Waals surface area contributed by atoms with Gasteiger partial charge < -0.3 is 18.7 Å². The van der Waals surface area contributed by atoms with Gasteiger partial charge >= 0.3 is 0 Å². The van der Waals surface area contributed by atoms with Crippen LogP contribution in [0.1, 0.15) is 53.9 Å². The van der Waals surface area contributed by atoms with Gasteiger partial charge in [-0.1, -0.05) is 27.7 Å². The zero-order valence-electron chi connectivity index (χ0n) is 15.1. The van der Waals surface area contributed by atoms with Crippen molar-refractivity contribution in [2.75, 3.05) is 13.9 Å². The van der Waals surface area contributed by atoms with Crippen molar-refractivity contribution in [3.63, 3.8) is 0 Å². The van der Waals surface area contributed by atoms with Crippen molar-refractivity contribution >= 4 is 14.1 Å². The highest BCUT2D eigenvalue weighted by molar-refractivity contribution is 6.74. The SMILES string of the molecule is CC[C@@H](O[Si](C)(C)C(C)(C)C)[C@@H](CCC(C)=O)OCOC. The molecule has 0 aromatic carbocycles. The summed E-state index contributed by atoms with van der Waals surface area (Å²) in [4.78, 5) is 11.3. The van der Waals surface area contributed by atoms with E-state index in [4.69, 9.17) is 13.9 Å². The third kappa shape index (κ3) is 7.54. The number of rotatable bonds is 10. The predicted molar refractivity (Wildman–Crippen MR) is 89.0 cm³/mol. The topological polar surface area (TPSA) is 44.8 Å². The Labute approximate surface area is 131 Å². The van der Waals surface area contributed by atoms with Gasteiger partial charge in [-0.3, -0.25) is 0 Å². The Morgan fingerprint density at radius 2 is 1.76 bits per heavy atom. The third-order valence-corrected chi connectivity index (χ3v) is 8.75. The van der Waals surface area contributed by atoms with E-state index in [9.17, 15) is 4.79 Å². The number of ether oxygens (including phenoxy) is 2. The van der Waals surface area contributed by atoms with Gasteiger partial charge in [-0.25, -0.2) is 0 Å². The Balaban J connectivity index is 4.90. The van der Waals surface area contributed by atoms with Crippen molar-refractivity contribution in [1.82, 2.24) is 0 Å². The fourth-order valence-corrected chi connectivity index (χ4v) is 3.28. The quantitative estimate of drug-likeness (QED) is 0.448. The van der Waals surface area contributed by atoms with Crippen LogP contribution >= 0.6 is 0 Å². The number of hydrogen-bond acceptors (Lipinski definition) is 4. The van der Waals surface area contributed by atoms with Gasteiger partial charge in [0.1, 0.15) is 12.6 Å². The second kappa shape index (κ2) is 9.03. The Morgan fingerprint density at radius 3 is 2.14 bits per heavy atom. The highest BCUT2D eigenvalue weighted by atomic mass is 28.4. The second-order valence-electron chi connectivity index (χ2n) is 7.18. The monoisotopic (exact) mass is 318 g/mol. The van der Waals surface area contributed by atoms with Crippen molar-refractivity contribution in [2.24, 2.45) is 0 Å². The summed E-state index contributed by atoms with van der Waals surface area (Å²) in [5, 5.41) is 0.160. The van der Waals surface area contributed by atoms with E-state index in [1.54, 1.807) is 14.0 Å². The number of carbonyl (C=O) groups excluding carboxylic acids is 1. The summed E-state index contributed by atoms with van der Waals surface area (Å²) in [6.07, 6.45) is 2.00. The van der Waals surface area contributed by atoms with E-state index >= 15 is 0 Å². The molecule has 5 heteroatoms. The molecular weight excluding hydrogens is 284 g/mol. The molecule has 0 rings (SSSR count). The van der Waals surface area contributed by atoms with Gasteiger partial charge in [0.25, 0.3) is 0 Å². The standard InChI is InChI=1S/C16H34O4Si/c1-9-14(20-21(7,8)16(3,4)5)15(19-12-18-6)11-10-13(2)17/h14-15H,9-12H2,1-8H3/t14-,15-/m1/s1. The molecule has 4 nitrogen and oxygen atoms in total. The zero-order chi connectivity index (χ0) is 16.7. The van der Waals surface area contributed by atoms with Gasteiger partial charge in [0, 0.05) is 13.5 Å². The highest BCUT2D eigenvalue weighted by Crippen LogP contribution is 2.38. The predicted octanol–water partition coefficient (Wildman–Crippen LogP) is 4.15. The maximum Gasteiger partial charge on any atom is 0.192 e. The summed E-state index contributed by atoms with van der Waals surface area (Å²) in [5.74, 6) is 0.184. The van der Waals surface area contributed by atoms with Gasteiger partial charge in [-0.2, -0.15) is 0 Å². The molecule has 0 fully saturated rings. The molecule has 21 heavy (non-hydrogen) atoms. The summed E-state index contributed by atoms with van der Waals surface area (Å²) in [5.41, 5.74) is 0. The number of hydrogen-bond donors (Lipinski definition) is 0. The van der Waals surface area contributed by atoms with Crippen LogP contribution in [0.25, 0.3) is 0 Å². The molecule has 0 aromatic rings. The van der Waals surface area contributed by atoms with Crippen molar-refractivity contribution < 1.29 is 18.7 Å². The Hall–Kier alpha value is -0.233. The highest BCUT2D eigenvalue weighted by Gasteiger charge is 2.40. The molecule has 0 heterocycles. The molecule has 0 aliphatic heterocycles. The minimum Gasteiger partial charge on any atom is -0.411 e. The van der Waals surface area contributed by atoms with Crippen LogP contribution in [0.15, 0.2) is 0 Å². The molecular formula is C16H34O4Si. The van der Waals surface area contributed by atoms with Gasteiger partial charge in [0.2, 0.25) is 0 Å². The van der Waals surface area contributed by atoms with E-state index < -0.39 is 8.32 Å². The summed E-state index contributed by atoms with van der Waals surface area (Å²) in [6.45, 7) is 15.1. The maximum atomic E-state index is 11.3. The first-order valence-corrected chi connectivity index (χ1v) is 10.7. The van der Waals surface area contributed by atoms with Crippen LogP contribution in [0, 0.1) is 0 Å². The fourth-order valence-electron chi connectivity index (χ4n) is 1.85.